The van der Waals surface area contributed by atoms with Gasteiger partial charge in [-0.25, -0.2) is 0 Å². The Morgan fingerprint density at radius 1 is 0.333 bits per heavy atom. The van der Waals surface area contributed by atoms with E-state index in [2.05, 4.69) is 0 Å². The number of alkyl halides is 20. The van der Waals surface area contributed by atoms with E-state index in [9.17, 15) is 87.8 Å². The standard InChI is InChI=1S/C11H4F20O2/c12-3(13,2(33,1-32)10(26,27)28)4(14,15)5(16,17)6(18,19)7(20,21)8(22,23)9(24,25)11(29,30)31/h32-33H,1H2. The van der Waals surface area contributed by atoms with Crippen molar-refractivity contribution >= 4 is 0 Å². The maximum absolute atomic E-state index is 13.4. The smallest absolute Gasteiger partial charge is 0.393 e. The van der Waals surface area contributed by atoms with Gasteiger partial charge in [0, 0.05) is 0 Å². The SMILES string of the molecule is OCC(O)(C(F)(F)F)C(F)(F)C(F)(F)C(F)(F)C(F)(F)C(F)(F)C(F)(F)C(F)(F)C(F)(F)F. The third-order valence-electron chi connectivity index (χ3n) is 3.94. The fraction of sp³-hybridized carbons (Fsp3) is 1.00. The highest BCUT2D eigenvalue weighted by Gasteiger charge is 2.97. The highest BCUT2D eigenvalue weighted by Crippen LogP contribution is 2.65. The minimum absolute atomic E-state index is 3.79. The van der Waals surface area contributed by atoms with Crippen LogP contribution in [0.2, 0.25) is 0 Å². The Balaban J connectivity index is 7.09. The van der Waals surface area contributed by atoms with Gasteiger partial charge >= 0.3 is 53.8 Å². The van der Waals surface area contributed by atoms with Crippen molar-refractivity contribution in [1.29, 1.82) is 0 Å². The second-order valence-electron chi connectivity index (χ2n) is 6.03. The third kappa shape index (κ3) is 3.65. The predicted octanol–water partition coefficient (Wildman–Crippen LogP) is 5.28. The van der Waals surface area contributed by atoms with E-state index in [1.165, 1.54) is 0 Å². The van der Waals surface area contributed by atoms with Gasteiger partial charge in [0.25, 0.3) is 5.60 Å². The maximum Gasteiger partial charge on any atom is 0.460 e. The number of hydrogen-bond acceptors (Lipinski definition) is 2. The summed E-state index contributed by atoms with van der Waals surface area (Å²) in [6.45, 7) is -3.79. The lowest BCUT2D eigenvalue weighted by molar-refractivity contribution is -0.475. The number of rotatable bonds is 8. The van der Waals surface area contributed by atoms with Crippen LogP contribution in [0.15, 0.2) is 0 Å². The molecule has 0 saturated heterocycles. The van der Waals surface area contributed by atoms with Crippen LogP contribution in [0.3, 0.4) is 0 Å². The van der Waals surface area contributed by atoms with Crippen LogP contribution in [0.4, 0.5) is 87.8 Å². The van der Waals surface area contributed by atoms with Crippen molar-refractivity contribution in [2.45, 2.75) is 59.4 Å². The Kier molecular flexibility index (Phi) is 7.17. The maximum atomic E-state index is 13.4. The quantitative estimate of drug-likeness (QED) is 0.406. The molecular weight excluding hydrogens is 544 g/mol. The summed E-state index contributed by atoms with van der Waals surface area (Å²) in [5, 5.41) is 16.5. The van der Waals surface area contributed by atoms with Crippen LogP contribution in [-0.4, -0.2) is 76.2 Å². The number of hydrogen-bond donors (Lipinski definition) is 2. The largest absolute Gasteiger partial charge is 0.460 e. The molecular formula is C11H4F20O2. The minimum Gasteiger partial charge on any atom is -0.393 e. The molecule has 22 heteroatoms. The van der Waals surface area contributed by atoms with Gasteiger partial charge in [-0.1, -0.05) is 0 Å². The van der Waals surface area contributed by atoms with E-state index in [-0.39, 0.29) is 0 Å². The lowest BCUT2D eigenvalue weighted by Crippen LogP contribution is -2.78. The van der Waals surface area contributed by atoms with E-state index in [1.807, 2.05) is 0 Å². The third-order valence-corrected chi connectivity index (χ3v) is 3.94. The van der Waals surface area contributed by atoms with Crippen LogP contribution in [-0.2, 0) is 0 Å². The van der Waals surface area contributed by atoms with Crippen LogP contribution in [0.25, 0.3) is 0 Å². The molecule has 1 unspecified atom stereocenters. The zero-order valence-electron chi connectivity index (χ0n) is 14.2. The summed E-state index contributed by atoms with van der Waals surface area (Å²) in [5.41, 5.74) is -6.89. The Bertz CT molecular complexity index is 717. The Morgan fingerprint density at radius 2 is 0.545 bits per heavy atom. The van der Waals surface area contributed by atoms with Gasteiger partial charge in [-0.2, -0.15) is 87.8 Å². The zero-order valence-corrected chi connectivity index (χ0v) is 14.2. The van der Waals surface area contributed by atoms with E-state index >= 15 is 0 Å². The lowest BCUT2D eigenvalue weighted by atomic mass is 9.83. The first-order valence-electron chi connectivity index (χ1n) is 6.92. The Morgan fingerprint density at radius 3 is 0.727 bits per heavy atom. The number of halogens is 20. The zero-order chi connectivity index (χ0) is 27.7. The van der Waals surface area contributed by atoms with Gasteiger partial charge < -0.3 is 10.2 Å². The molecule has 0 amide bonds. The first-order chi connectivity index (χ1) is 13.8. The summed E-state index contributed by atoms with van der Waals surface area (Å²) in [6.07, 6.45) is -15.4. The van der Waals surface area contributed by atoms with E-state index in [0.29, 0.717) is 0 Å². The first-order valence-corrected chi connectivity index (χ1v) is 6.92. The van der Waals surface area contributed by atoms with Gasteiger partial charge in [-0.15, -0.1) is 0 Å². The molecule has 0 bridgehead atoms. The minimum atomic E-state index is -9.10. The van der Waals surface area contributed by atoms with E-state index in [4.69, 9.17) is 10.2 Å². The van der Waals surface area contributed by atoms with Crippen molar-refractivity contribution in [3.05, 3.63) is 0 Å². The molecule has 0 heterocycles. The first kappa shape index (κ1) is 31.5. The molecule has 0 aliphatic rings. The molecule has 1 atom stereocenters. The summed E-state index contributed by atoms with van der Waals surface area (Å²) < 4.78 is 257. The predicted molar refractivity (Wildman–Crippen MR) is 58.8 cm³/mol. The molecule has 0 aliphatic heterocycles. The molecule has 2 N–H and O–H groups in total. The summed E-state index contributed by atoms with van der Waals surface area (Å²) in [4.78, 5) is 0. The fourth-order valence-corrected chi connectivity index (χ4v) is 1.79. The van der Waals surface area contributed by atoms with Gasteiger partial charge in [-0.3, -0.25) is 0 Å². The molecule has 200 valence electrons. The normalized spacial score (nSPS) is 18.4. The number of aliphatic hydroxyl groups excluding tert-OH is 1. The Labute approximate surface area is 165 Å². The molecule has 33 heavy (non-hydrogen) atoms. The monoisotopic (exact) mass is 548 g/mol. The lowest BCUT2D eigenvalue weighted by Gasteiger charge is -2.45. The van der Waals surface area contributed by atoms with E-state index in [0.717, 1.165) is 0 Å². The second-order valence-corrected chi connectivity index (χ2v) is 6.03. The van der Waals surface area contributed by atoms with E-state index < -0.39 is 66.0 Å². The topological polar surface area (TPSA) is 40.5 Å². The van der Waals surface area contributed by atoms with E-state index in [1.54, 1.807) is 0 Å². The summed E-state index contributed by atoms with van der Waals surface area (Å²) in [6, 6.07) is 0. The fourth-order valence-electron chi connectivity index (χ4n) is 1.79. The van der Waals surface area contributed by atoms with Crippen LogP contribution in [0.5, 0.6) is 0 Å². The molecule has 0 radical (unpaired) electrons. The summed E-state index contributed by atoms with van der Waals surface area (Å²) in [5.74, 6) is -61.4. The van der Waals surface area contributed by atoms with Crippen molar-refractivity contribution in [3.63, 3.8) is 0 Å². The van der Waals surface area contributed by atoms with Gasteiger partial charge in [0.2, 0.25) is 0 Å². The van der Waals surface area contributed by atoms with Crippen molar-refractivity contribution in [2.24, 2.45) is 0 Å². The van der Waals surface area contributed by atoms with Crippen LogP contribution >= 0.6 is 0 Å². The summed E-state index contributed by atoms with van der Waals surface area (Å²) >= 11 is 0. The average molecular weight is 548 g/mol. The average Bonchev–Trinajstić information content (AvgIpc) is 2.57. The molecule has 0 aromatic heterocycles. The molecule has 0 aromatic rings. The van der Waals surface area contributed by atoms with Crippen molar-refractivity contribution in [3.8, 4) is 0 Å². The van der Waals surface area contributed by atoms with Crippen molar-refractivity contribution in [2.75, 3.05) is 6.61 Å². The molecule has 0 aromatic carbocycles. The number of aliphatic hydroxyl groups is 2. The molecule has 0 saturated carbocycles. The van der Waals surface area contributed by atoms with Crippen molar-refractivity contribution in [1.82, 2.24) is 0 Å². The highest BCUT2D eigenvalue weighted by molar-refractivity contribution is 5.18. The van der Waals surface area contributed by atoms with Gasteiger partial charge in [-0.05, 0) is 0 Å². The Hall–Kier alpha value is -1.48. The second kappa shape index (κ2) is 7.51. The molecule has 2 nitrogen and oxygen atoms in total. The summed E-state index contributed by atoms with van der Waals surface area (Å²) in [7, 11) is 0. The van der Waals surface area contributed by atoms with Crippen LogP contribution in [0.1, 0.15) is 0 Å². The van der Waals surface area contributed by atoms with Crippen LogP contribution in [0, 0.1) is 0 Å². The van der Waals surface area contributed by atoms with Gasteiger partial charge in [0.15, 0.2) is 0 Å². The van der Waals surface area contributed by atoms with Crippen molar-refractivity contribution < 1.29 is 98.0 Å². The molecule has 0 rings (SSSR count). The molecule has 0 spiro atoms. The highest BCUT2D eigenvalue weighted by atomic mass is 19.4. The molecule has 0 fully saturated rings. The van der Waals surface area contributed by atoms with Gasteiger partial charge in [0.1, 0.15) is 0 Å². The van der Waals surface area contributed by atoms with Crippen LogP contribution < -0.4 is 0 Å². The molecule has 0 aliphatic carbocycles. The van der Waals surface area contributed by atoms with Gasteiger partial charge in [0.05, 0.1) is 6.61 Å².